The zero-order valence-corrected chi connectivity index (χ0v) is 17.1. The lowest BCUT2D eigenvalue weighted by Crippen LogP contribution is -2.16. The van der Waals surface area contributed by atoms with Gasteiger partial charge in [0.1, 0.15) is 25.6 Å². The molecule has 1 heterocycles. The molecule has 2 aromatic carbocycles. The molecule has 0 bridgehead atoms. The Bertz CT molecular complexity index is 949. The second-order valence-electron chi connectivity index (χ2n) is 6.75. The molecule has 0 unspecified atom stereocenters. The van der Waals surface area contributed by atoms with Gasteiger partial charge >= 0.3 is 5.97 Å². The summed E-state index contributed by atoms with van der Waals surface area (Å²) in [5, 5.41) is 0. The van der Waals surface area contributed by atoms with Crippen LogP contribution in [0, 0.1) is 0 Å². The van der Waals surface area contributed by atoms with Crippen LogP contribution < -0.4 is 14.2 Å². The first-order valence-electron chi connectivity index (χ1n) is 9.83. The van der Waals surface area contributed by atoms with Crippen molar-refractivity contribution < 1.29 is 33.3 Å². The minimum absolute atomic E-state index is 0.0181. The van der Waals surface area contributed by atoms with E-state index in [1.54, 1.807) is 36.4 Å². The van der Waals surface area contributed by atoms with Crippen LogP contribution in [0.4, 0.5) is 0 Å². The van der Waals surface area contributed by atoms with E-state index >= 15 is 0 Å². The molecule has 3 rings (SSSR count). The molecule has 0 atom stereocenters. The molecular weight excluding hydrogens is 388 g/mol. The van der Waals surface area contributed by atoms with E-state index in [-0.39, 0.29) is 31.0 Å². The van der Waals surface area contributed by atoms with Gasteiger partial charge < -0.3 is 18.9 Å². The third-order valence-corrected chi connectivity index (χ3v) is 4.58. The SMILES string of the molecule is CCOc1ccc(C(C)=O)cc1COC(=O)CCC(=O)c1ccc2c(c1)OCCO2. The van der Waals surface area contributed by atoms with Gasteiger partial charge in [0.25, 0.3) is 0 Å². The van der Waals surface area contributed by atoms with Gasteiger partial charge in [0.15, 0.2) is 23.1 Å². The van der Waals surface area contributed by atoms with E-state index < -0.39 is 5.97 Å². The first kappa shape index (κ1) is 21.4. The molecule has 0 aliphatic carbocycles. The summed E-state index contributed by atoms with van der Waals surface area (Å²) in [5.41, 5.74) is 1.58. The van der Waals surface area contributed by atoms with E-state index in [1.165, 1.54) is 6.92 Å². The maximum absolute atomic E-state index is 12.4. The molecule has 1 aliphatic rings. The fourth-order valence-corrected chi connectivity index (χ4v) is 3.01. The van der Waals surface area contributed by atoms with Crippen molar-refractivity contribution in [2.75, 3.05) is 19.8 Å². The number of fused-ring (bicyclic) bond motifs is 1. The standard InChI is InChI=1S/C23H24O7/c1-3-27-20-7-4-16(15(2)24)12-18(20)14-30-23(26)9-6-19(25)17-5-8-21-22(13-17)29-11-10-28-21/h4-5,7-8,12-13H,3,6,9-11,14H2,1-2H3. The lowest BCUT2D eigenvalue weighted by atomic mass is 10.1. The Morgan fingerprint density at radius 3 is 2.40 bits per heavy atom. The highest BCUT2D eigenvalue weighted by atomic mass is 16.6. The molecule has 0 saturated heterocycles. The minimum Gasteiger partial charge on any atom is -0.493 e. The number of benzene rings is 2. The fraction of sp³-hybridized carbons (Fsp3) is 0.348. The van der Waals surface area contributed by atoms with E-state index in [0.717, 1.165) is 0 Å². The number of carbonyl (C=O) groups excluding carboxylic acids is 3. The Hall–Kier alpha value is -3.35. The predicted molar refractivity (Wildman–Crippen MR) is 108 cm³/mol. The van der Waals surface area contributed by atoms with E-state index in [0.29, 0.717) is 53.8 Å². The van der Waals surface area contributed by atoms with Crippen molar-refractivity contribution >= 4 is 17.5 Å². The lowest BCUT2D eigenvalue weighted by Gasteiger charge is -2.18. The second kappa shape index (κ2) is 9.91. The van der Waals surface area contributed by atoms with E-state index in [4.69, 9.17) is 18.9 Å². The number of hydrogen-bond donors (Lipinski definition) is 0. The van der Waals surface area contributed by atoms with Crippen molar-refractivity contribution in [1.82, 2.24) is 0 Å². The van der Waals surface area contributed by atoms with Crippen LogP contribution in [-0.2, 0) is 16.1 Å². The van der Waals surface area contributed by atoms with Crippen molar-refractivity contribution in [2.24, 2.45) is 0 Å². The van der Waals surface area contributed by atoms with Crippen LogP contribution in [0.1, 0.15) is 53.0 Å². The van der Waals surface area contributed by atoms with Crippen LogP contribution in [0.5, 0.6) is 17.2 Å². The summed E-state index contributed by atoms with van der Waals surface area (Å²) in [6, 6.07) is 9.99. The quantitative estimate of drug-likeness (QED) is 0.458. The topological polar surface area (TPSA) is 88.1 Å². The average molecular weight is 412 g/mol. The summed E-state index contributed by atoms with van der Waals surface area (Å²) < 4.78 is 21.7. The third-order valence-electron chi connectivity index (χ3n) is 4.58. The molecule has 2 aromatic rings. The molecule has 0 aromatic heterocycles. The number of ether oxygens (including phenoxy) is 4. The summed E-state index contributed by atoms with van der Waals surface area (Å²) in [4.78, 5) is 36.2. The van der Waals surface area contributed by atoms with Gasteiger partial charge in [0.2, 0.25) is 0 Å². The highest BCUT2D eigenvalue weighted by Crippen LogP contribution is 2.31. The maximum atomic E-state index is 12.4. The molecule has 30 heavy (non-hydrogen) atoms. The highest BCUT2D eigenvalue weighted by Gasteiger charge is 2.17. The number of hydrogen-bond acceptors (Lipinski definition) is 7. The molecule has 0 radical (unpaired) electrons. The zero-order chi connectivity index (χ0) is 21.5. The Morgan fingerprint density at radius 1 is 0.933 bits per heavy atom. The molecule has 158 valence electrons. The van der Waals surface area contributed by atoms with Crippen LogP contribution in [0.3, 0.4) is 0 Å². The molecule has 0 spiro atoms. The van der Waals surface area contributed by atoms with Crippen LogP contribution >= 0.6 is 0 Å². The molecular formula is C23H24O7. The monoisotopic (exact) mass is 412 g/mol. The van der Waals surface area contributed by atoms with Crippen molar-refractivity contribution in [2.45, 2.75) is 33.3 Å². The second-order valence-corrected chi connectivity index (χ2v) is 6.75. The summed E-state index contributed by atoms with van der Waals surface area (Å²) in [6.07, 6.45) is -0.0338. The molecule has 7 nitrogen and oxygen atoms in total. The lowest BCUT2D eigenvalue weighted by molar-refractivity contribution is -0.144. The van der Waals surface area contributed by atoms with Crippen LogP contribution in [0.2, 0.25) is 0 Å². The van der Waals surface area contributed by atoms with E-state index in [2.05, 4.69) is 0 Å². The summed E-state index contributed by atoms with van der Waals surface area (Å²) in [5.74, 6) is 0.922. The molecule has 7 heteroatoms. The van der Waals surface area contributed by atoms with Gasteiger partial charge in [-0.15, -0.1) is 0 Å². The molecule has 0 N–H and O–H groups in total. The van der Waals surface area contributed by atoms with Gasteiger partial charge in [-0.2, -0.15) is 0 Å². The third kappa shape index (κ3) is 5.37. The Morgan fingerprint density at radius 2 is 1.67 bits per heavy atom. The predicted octanol–water partition coefficient (Wildman–Crippen LogP) is 3.77. The van der Waals surface area contributed by atoms with Gasteiger partial charge in [-0.05, 0) is 50.2 Å². The number of ketones is 2. The Labute approximate surface area is 174 Å². The van der Waals surface area contributed by atoms with Crippen LogP contribution in [-0.4, -0.2) is 37.4 Å². The van der Waals surface area contributed by atoms with E-state index in [9.17, 15) is 14.4 Å². The Kier molecular flexibility index (Phi) is 7.06. The number of carbonyl (C=O) groups is 3. The largest absolute Gasteiger partial charge is 0.493 e. The summed E-state index contributed by atoms with van der Waals surface area (Å²) >= 11 is 0. The van der Waals surface area contributed by atoms with Crippen molar-refractivity contribution in [3.8, 4) is 17.2 Å². The van der Waals surface area contributed by atoms with Crippen LogP contribution in [0.25, 0.3) is 0 Å². The Balaban J connectivity index is 1.55. The van der Waals surface area contributed by atoms with Gasteiger partial charge in [-0.1, -0.05) is 0 Å². The van der Waals surface area contributed by atoms with Gasteiger partial charge in [-0.3, -0.25) is 14.4 Å². The van der Waals surface area contributed by atoms with E-state index in [1.807, 2.05) is 6.92 Å². The molecule has 1 aliphatic heterocycles. The smallest absolute Gasteiger partial charge is 0.306 e. The summed E-state index contributed by atoms with van der Waals surface area (Å²) in [6.45, 7) is 4.64. The molecule has 0 saturated carbocycles. The highest BCUT2D eigenvalue weighted by molar-refractivity contribution is 5.98. The first-order chi connectivity index (χ1) is 14.5. The fourth-order valence-electron chi connectivity index (χ4n) is 3.01. The number of rotatable bonds is 9. The van der Waals surface area contributed by atoms with Crippen molar-refractivity contribution in [1.29, 1.82) is 0 Å². The van der Waals surface area contributed by atoms with Crippen molar-refractivity contribution in [3.63, 3.8) is 0 Å². The van der Waals surface area contributed by atoms with Gasteiger partial charge in [-0.25, -0.2) is 0 Å². The minimum atomic E-state index is -0.503. The normalized spacial score (nSPS) is 12.2. The maximum Gasteiger partial charge on any atom is 0.306 e. The number of esters is 1. The molecule has 0 fully saturated rings. The molecule has 0 amide bonds. The average Bonchev–Trinajstić information content (AvgIpc) is 2.76. The zero-order valence-electron chi connectivity index (χ0n) is 17.1. The number of Topliss-reactive ketones (excluding diaryl/α,β-unsaturated/α-hetero) is 2. The first-order valence-corrected chi connectivity index (χ1v) is 9.83. The van der Waals surface area contributed by atoms with Gasteiger partial charge in [0.05, 0.1) is 13.0 Å². The van der Waals surface area contributed by atoms with Gasteiger partial charge in [0, 0.05) is 23.1 Å². The van der Waals surface area contributed by atoms with Crippen LogP contribution in [0.15, 0.2) is 36.4 Å². The van der Waals surface area contributed by atoms with Crippen molar-refractivity contribution in [3.05, 3.63) is 53.1 Å². The summed E-state index contributed by atoms with van der Waals surface area (Å²) in [7, 11) is 0.